The smallest absolute Gasteiger partial charge is 0.239 e. The van der Waals surface area contributed by atoms with Gasteiger partial charge in [0.05, 0.1) is 15.0 Å². The van der Waals surface area contributed by atoms with Gasteiger partial charge in [0.1, 0.15) is 0 Å². The summed E-state index contributed by atoms with van der Waals surface area (Å²) < 4.78 is 2.12. The van der Waals surface area contributed by atoms with Crippen molar-refractivity contribution in [3.8, 4) is 0 Å². The lowest BCUT2D eigenvalue weighted by atomic mass is 10.2. The zero-order valence-corrected chi connectivity index (χ0v) is 15.4. The fourth-order valence-corrected chi connectivity index (χ4v) is 3.52. The summed E-state index contributed by atoms with van der Waals surface area (Å²) in [6.07, 6.45) is 2.97. The van der Waals surface area contributed by atoms with Crippen LogP contribution in [0.25, 0.3) is 10.2 Å². The van der Waals surface area contributed by atoms with Gasteiger partial charge in [-0.25, -0.2) is 4.98 Å². The number of aryl methyl sites for hydroxylation is 1. The number of carbonyl (C=O) groups excluding carboxylic acids is 1. The molecule has 20 heavy (non-hydrogen) atoms. The number of nitrogens with zero attached hydrogens (tertiary/aromatic N) is 1. The van der Waals surface area contributed by atoms with E-state index in [2.05, 4.69) is 55.2 Å². The number of carbonyl (C=O) groups is 1. The molecule has 1 atom stereocenters. The van der Waals surface area contributed by atoms with Crippen molar-refractivity contribution in [2.24, 2.45) is 0 Å². The zero-order valence-electron chi connectivity index (χ0n) is 11.4. The molecule has 2 aromatic rings. The van der Waals surface area contributed by atoms with Crippen LogP contribution in [0.1, 0.15) is 31.7 Å². The summed E-state index contributed by atoms with van der Waals surface area (Å²) in [6, 6.07) is 4.06. The molecule has 2 rings (SSSR count). The Morgan fingerprint density at radius 3 is 2.95 bits per heavy atom. The molecule has 6 heteroatoms. The highest BCUT2D eigenvalue weighted by atomic mass is 79.9. The van der Waals surface area contributed by atoms with Gasteiger partial charge in [-0.15, -0.1) is 0 Å². The summed E-state index contributed by atoms with van der Waals surface area (Å²) >= 11 is 8.43. The number of anilines is 1. The Bertz CT molecular complexity index is 588. The Morgan fingerprint density at radius 1 is 1.50 bits per heavy atom. The van der Waals surface area contributed by atoms with Gasteiger partial charge in [0.25, 0.3) is 0 Å². The predicted molar refractivity (Wildman–Crippen MR) is 92.9 cm³/mol. The van der Waals surface area contributed by atoms with Crippen LogP contribution in [0, 0.1) is 6.92 Å². The topological polar surface area (TPSA) is 42.0 Å². The molecule has 0 aliphatic heterocycles. The molecule has 0 saturated heterocycles. The number of amides is 1. The van der Waals surface area contributed by atoms with Crippen molar-refractivity contribution in [2.75, 3.05) is 5.32 Å². The molecule has 1 heterocycles. The van der Waals surface area contributed by atoms with Crippen LogP contribution in [0.2, 0.25) is 0 Å². The third-order valence-corrected chi connectivity index (χ3v) is 5.66. The molecular weight excluding hydrogens is 404 g/mol. The van der Waals surface area contributed by atoms with Gasteiger partial charge in [-0.3, -0.25) is 4.79 Å². The van der Waals surface area contributed by atoms with Gasteiger partial charge in [0.2, 0.25) is 5.91 Å². The number of benzene rings is 1. The summed E-state index contributed by atoms with van der Waals surface area (Å²) in [4.78, 5) is 16.3. The summed E-state index contributed by atoms with van der Waals surface area (Å²) in [5.74, 6) is -0.0201. The molecule has 1 aromatic heterocycles. The van der Waals surface area contributed by atoms with E-state index in [0.29, 0.717) is 5.13 Å². The Balaban J connectivity index is 2.12. The van der Waals surface area contributed by atoms with Gasteiger partial charge in [0.15, 0.2) is 5.13 Å². The fourth-order valence-electron chi connectivity index (χ4n) is 1.80. The van der Waals surface area contributed by atoms with Gasteiger partial charge in [-0.1, -0.05) is 63.0 Å². The summed E-state index contributed by atoms with van der Waals surface area (Å²) in [5.41, 5.74) is 2.07. The van der Waals surface area contributed by atoms with Gasteiger partial charge < -0.3 is 5.32 Å². The normalized spacial score (nSPS) is 12.6. The molecule has 1 amide bonds. The highest BCUT2D eigenvalue weighted by molar-refractivity contribution is 9.10. The lowest BCUT2D eigenvalue weighted by Gasteiger charge is -2.07. The second-order valence-corrected chi connectivity index (χ2v) is 7.68. The average molecular weight is 420 g/mol. The van der Waals surface area contributed by atoms with Crippen LogP contribution in [-0.2, 0) is 4.79 Å². The van der Waals surface area contributed by atoms with E-state index in [9.17, 15) is 4.79 Å². The highest BCUT2D eigenvalue weighted by Gasteiger charge is 2.16. The van der Waals surface area contributed by atoms with Gasteiger partial charge in [-0.05, 0) is 31.0 Å². The maximum absolute atomic E-state index is 12.0. The maximum Gasteiger partial charge on any atom is 0.239 e. The van der Waals surface area contributed by atoms with Crippen molar-refractivity contribution >= 4 is 64.5 Å². The first-order chi connectivity index (χ1) is 9.51. The minimum Gasteiger partial charge on any atom is -0.301 e. The van der Waals surface area contributed by atoms with Crippen molar-refractivity contribution in [3.05, 3.63) is 22.2 Å². The molecule has 0 spiro atoms. The third-order valence-electron chi connectivity index (χ3n) is 2.99. The highest BCUT2D eigenvalue weighted by Crippen LogP contribution is 2.30. The van der Waals surface area contributed by atoms with E-state index in [1.807, 2.05) is 13.0 Å². The number of hydrogen-bond acceptors (Lipinski definition) is 3. The van der Waals surface area contributed by atoms with Crippen molar-refractivity contribution in [1.82, 2.24) is 4.98 Å². The molecule has 1 aromatic carbocycles. The molecule has 1 N–H and O–H groups in total. The van der Waals surface area contributed by atoms with Gasteiger partial charge >= 0.3 is 0 Å². The molecule has 0 saturated carbocycles. The number of halogens is 2. The Labute approximate surface area is 139 Å². The third kappa shape index (κ3) is 3.80. The van der Waals surface area contributed by atoms with Crippen molar-refractivity contribution in [2.45, 2.75) is 37.9 Å². The second kappa shape index (κ2) is 7.00. The van der Waals surface area contributed by atoms with Crippen LogP contribution in [-0.4, -0.2) is 15.7 Å². The first-order valence-corrected chi connectivity index (χ1v) is 9.05. The molecule has 3 nitrogen and oxygen atoms in total. The number of rotatable bonds is 5. The van der Waals surface area contributed by atoms with E-state index in [0.717, 1.165) is 34.0 Å². The van der Waals surface area contributed by atoms with Crippen LogP contribution < -0.4 is 5.32 Å². The van der Waals surface area contributed by atoms with Gasteiger partial charge in [0, 0.05) is 4.47 Å². The van der Waals surface area contributed by atoms with E-state index in [1.165, 1.54) is 16.9 Å². The van der Waals surface area contributed by atoms with E-state index in [-0.39, 0.29) is 10.7 Å². The number of aromatic nitrogens is 1. The Morgan fingerprint density at radius 2 is 2.25 bits per heavy atom. The Kier molecular flexibility index (Phi) is 5.57. The van der Waals surface area contributed by atoms with Crippen LogP contribution in [0.15, 0.2) is 16.6 Å². The van der Waals surface area contributed by atoms with Crippen LogP contribution >= 0.6 is 43.2 Å². The number of thiazole rings is 1. The first-order valence-electron chi connectivity index (χ1n) is 6.53. The fraction of sp³-hybridized carbons (Fsp3) is 0.429. The summed E-state index contributed by atoms with van der Waals surface area (Å²) in [7, 11) is 0. The average Bonchev–Trinajstić information content (AvgIpc) is 2.77. The monoisotopic (exact) mass is 418 g/mol. The zero-order chi connectivity index (χ0) is 14.7. The number of unbranched alkanes of at least 4 members (excludes halogenated alkanes) is 1. The minimum absolute atomic E-state index is 0.0201. The van der Waals surface area contributed by atoms with E-state index < -0.39 is 0 Å². The molecule has 0 bridgehead atoms. The molecule has 0 unspecified atom stereocenters. The summed E-state index contributed by atoms with van der Waals surface area (Å²) in [5, 5.41) is 3.54. The predicted octanol–water partition coefficient (Wildman–Crippen LogP) is 5.26. The van der Waals surface area contributed by atoms with Crippen molar-refractivity contribution < 1.29 is 4.79 Å². The van der Waals surface area contributed by atoms with Crippen LogP contribution in [0.4, 0.5) is 5.13 Å². The first kappa shape index (κ1) is 15.9. The maximum atomic E-state index is 12.0. The van der Waals surface area contributed by atoms with Gasteiger partial charge in [-0.2, -0.15) is 0 Å². The molecule has 0 fully saturated rings. The number of fused-ring (bicyclic) bond motifs is 1. The van der Waals surface area contributed by atoms with E-state index in [1.54, 1.807) is 0 Å². The second-order valence-electron chi connectivity index (χ2n) is 4.69. The molecule has 0 aliphatic rings. The van der Waals surface area contributed by atoms with E-state index >= 15 is 0 Å². The molecular formula is C14H16Br2N2OS. The van der Waals surface area contributed by atoms with Crippen molar-refractivity contribution in [1.29, 1.82) is 0 Å². The number of hydrogen-bond donors (Lipinski definition) is 1. The standard InChI is InChI=1S/C14H16Br2N2OS/c1-3-4-5-9(15)13(19)18-14-17-11-7-10(16)8(2)6-12(11)20-14/h6-7,9H,3-5H2,1-2H3,(H,17,18,19)/t9-/m1/s1. The molecule has 0 radical (unpaired) electrons. The lowest BCUT2D eigenvalue weighted by molar-refractivity contribution is -0.115. The molecule has 0 aliphatic carbocycles. The lowest BCUT2D eigenvalue weighted by Crippen LogP contribution is -2.22. The van der Waals surface area contributed by atoms with E-state index in [4.69, 9.17) is 0 Å². The number of nitrogens with one attached hydrogen (secondary N) is 1. The van der Waals surface area contributed by atoms with Crippen LogP contribution in [0.5, 0.6) is 0 Å². The number of alkyl halides is 1. The minimum atomic E-state index is -0.150. The SMILES string of the molecule is CCCC[C@@H](Br)C(=O)Nc1nc2cc(Br)c(C)cc2s1. The van der Waals surface area contributed by atoms with Crippen molar-refractivity contribution in [3.63, 3.8) is 0 Å². The van der Waals surface area contributed by atoms with Crippen LogP contribution in [0.3, 0.4) is 0 Å². The quantitative estimate of drug-likeness (QED) is 0.671. The molecule has 108 valence electrons. The Hall–Kier alpha value is -0.460. The largest absolute Gasteiger partial charge is 0.301 e. The summed E-state index contributed by atoms with van der Waals surface area (Å²) in [6.45, 7) is 4.16.